The third kappa shape index (κ3) is 6.95. The average molecular weight is 657 g/mol. The molecule has 0 aliphatic carbocycles. The molecule has 1 aromatic carbocycles. The van der Waals surface area contributed by atoms with Crippen molar-refractivity contribution >= 4 is 22.9 Å². The van der Waals surface area contributed by atoms with E-state index in [1.807, 2.05) is 56.7 Å². The van der Waals surface area contributed by atoms with Gasteiger partial charge < -0.3 is 29.2 Å². The number of nitrogens with zero attached hydrogens (tertiary/aromatic N) is 7. The lowest BCUT2D eigenvalue weighted by Gasteiger charge is -2.27. The molecule has 2 fully saturated rings. The highest BCUT2D eigenvalue weighted by molar-refractivity contribution is 5.97. The van der Waals surface area contributed by atoms with Crippen molar-refractivity contribution in [2.24, 2.45) is 0 Å². The van der Waals surface area contributed by atoms with Gasteiger partial charge in [-0.1, -0.05) is 6.07 Å². The second kappa shape index (κ2) is 13.7. The number of ether oxygens (including phenoxy) is 2. The number of aromatic nitrogens is 5. The number of imidazole rings is 1. The minimum Gasteiger partial charge on any atom is -0.444 e. The van der Waals surface area contributed by atoms with Crippen LogP contribution in [0.4, 0.5) is 4.79 Å². The van der Waals surface area contributed by atoms with Gasteiger partial charge in [0, 0.05) is 56.1 Å². The summed E-state index contributed by atoms with van der Waals surface area (Å²) in [6.07, 6.45) is 8.68. The maximum absolute atomic E-state index is 13.5. The second-order valence-electron chi connectivity index (χ2n) is 14.1. The number of likely N-dealkylation sites (tertiary alicyclic amines) is 1. The topological polar surface area (TPSA) is 122 Å². The molecule has 1 N–H and O–H groups in total. The molecule has 6 rings (SSSR count). The van der Waals surface area contributed by atoms with Crippen LogP contribution in [0.5, 0.6) is 0 Å². The number of pyridine rings is 1. The van der Waals surface area contributed by atoms with E-state index < -0.39 is 5.60 Å². The summed E-state index contributed by atoms with van der Waals surface area (Å²) in [6, 6.07) is 6.43. The van der Waals surface area contributed by atoms with Crippen molar-refractivity contribution in [1.82, 2.24) is 39.4 Å². The average Bonchev–Trinajstić information content (AvgIpc) is 3.81. The Hall–Kier alpha value is -4.29. The number of aromatic amines is 1. The third-order valence-electron chi connectivity index (χ3n) is 9.43. The molecule has 256 valence electrons. The molecule has 2 saturated heterocycles. The molecule has 12 heteroatoms. The van der Waals surface area contributed by atoms with E-state index in [0.717, 1.165) is 71.9 Å². The fourth-order valence-electron chi connectivity index (χ4n) is 6.61. The number of benzene rings is 1. The Balaban J connectivity index is 1.36. The standard InChI is InChI=1S/C36H48N8O4/c1-8-43(35(46)48-36(3,4)5)21-25-18-37-19-28(23(25)2)24-12-13-30-27(17-24)32(40-44(30)31-11-9-10-16-47-31)33-38-20-29(39-33)34(45)42(7)26-14-15-41(6)22-26/h12-13,17-20,26,31H,8-11,14-16,21-22H2,1-7H3,(H,38,39). The van der Waals surface area contributed by atoms with E-state index in [9.17, 15) is 9.59 Å². The first-order chi connectivity index (χ1) is 22.9. The van der Waals surface area contributed by atoms with Gasteiger partial charge in [0.1, 0.15) is 17.0 Å². The van der Waals surface area contributed by atoms with E-state index in [0.29, 0.717) is 36.9 Å². The van der Waals surface area contributed by atoms with Crippen LogP contribution >= 0.6 is 0 Å². The largest absolute Gasteiger partial charge is 0.444 e. The Labute approximate surface area is 282 Å². The Bertz CT molecular complexity index is 1780. The number of hydrogen-bond acceptors (Lipinski definition) is 8. The van der Waals surface area contributed by atoms with Crippen molar-refractivity contribution in [3.8, 4) is 22.6 Å². The number of carbonyl (C=O) groups is 2. The van der Waals surface area contributed by atoms with Gasteiger partial charge in [-0.05, 0) is 103 Å². The second-order valence-corrected chi connectivity index (χ2v) is 14.1. The van der Waals surface area contributed by atoms with Crippen molar-refractivity contribution in [3.63, 3.8) is 0 Å². The monoisotopic (exact) mass is 656 g/mol. The van der Waals surface area contributed by atoms with Crippen molar-refractivity contribution in [2.45, 2.75) is 84.7 Å². The predicted octanol–water partition coefficient (Wildman–Crippen LogP) is 6.03. The SMILES string of the molecule is CCN(Cc1cncc(-c2ccc3c(c2)c(-c2ncc(C(=O)N(C)C4CCN(C)C4)[nH]2)nn3C2CCCCO2)c1C)C(=O)OC(C)(C)C. The van der Waals surface area contributed by atoms with Gasteiger partial charge in [-0.3, -0.25) is 9.78 Å². The predicted molar refractivity (Wildman–Crippen MR) is 184 cm³/mol. The zero-order valence-corrected chi connectivity index (χ0v) is 29.2. The van der Waals surface area contributed by atoms with Gasteiger partial charge in [0.15, 0.2) is 12.1 Å². The van der Waals surface area contributed by atoms with Crippen LogP contribution in [-0.4, -0.2) is 103 Å². The maximum atomic E-state index is 13.5. The van der Waals surface area contributed by atoms with Crippen LogP contribution in [0.15, 0.2) is 36.8 Å². The molecule has 0 bridgehead atoms. The summed E-state index contributed by atoms with van der Waals surface area (Å²) in [6.45, 7) is 13.0. The summed E-state index contributed by atoms with van der Waals surface area (Å²) in [5, 5.41) is 5.95. The fourth-order valence-corrected chi connectivity index (χ4v) is 6.61. The quantitative estimate of drug-likeness (QED) is 0.244. The van der Waals surface area contributed by atoms with Crippen LogP contribution in [-0.2, 0) is 16.0 Å². The van der Waals surface area contributed by atoms with Gasteiger partial charge in [-0.2, -0.15) is 5.10 Å². The van der Waals surface area contributed by atoms with Gasteiger partial charge in [0.05, 0.1) is 18.3 Å². The summed E-state index contributed by atoms with van der Waals surface area (Å²) in [5.41, 5.74) is 5.35. The van der Waals surface area contributed by atoms with Crippen LogP contribution in [0.25, 0.3) is 33.5 Å². The van der Waals surface area contributed by atoms with Crippen LogP contribution in [0.2, 0.25) is 0 Å². The molecular formula is C36H48N8O4. The summed E-state index contributed by atoms with van der Waals surface area (Å²) in [5.74, 6) is 0.451. The number of rotatable bonds is 8. The molecule has 0 spiro atoms. The number of carbonyl (C=O) groups excluding carboxylic acids is 2. The molecule has 2 unspecified atom stereocenters. The minimum atomic E-state index is -0.579. The highest BCUT2D eigenvalue weighted by Crippen LogP contribution is 2.36. The first kappa shape index (κ1) is 33.6. The molecular weight excluding hydrogens is 608 g/mol. The van der Waals surface area contributed by atoms with Crippen LogP contribution in [0, 0.1) is 6.92 Å². The van der Waals surface area contributed by atoms with Gasteiger partial charge in [0.2, 0.25) is 0 Å². The normalized spacial score (nSPS) is 18.7. The van der Waals surface area contributed by atoms with Gasteiger partial charge >= 0.3 is 6.09 Å². The molecule has 2 atom stereocenters. The van der Waals surface area contributed by atoms with Gasteiger partial charge in [-0.25, -0.2) is 14.5 Å². The summed E-state index contributed by atoms with van der Waals surface area (Å²) >= 11 is 0. The Kier molecular flexibility index (Phi) is 9.57. The molecule has 0 radical (unpaired) electrons. The molecule has 12 nitrogen and oxygen atoms in total. The van der Waals surface area contributed by atoms with Gasteiger partial charge in [0.25, 0.3) is 5.91 Å². The van der Waals surface area contributed by atoms with Crippen LogP contribution in [0.1, 0.15) is 81.2 Å². The van der Waals surface area contributed by atoms with Crippen molar-refractivity contribution in [1.29, 1.82) is 0 Å². The zero-order valence-electron chi connectivity index (χ0n) is 29.2. The molecule has 48 heavy (non-hydrogen) atoms. The fraction of sp³-hybridized carbons (Fsp3) is 0.528. The third-order valence-corrected chi connectivity index (χ3v) is 9.43. The number of hydrogen-bond donors (Lipinski definition) is 1. The molecule has 0 saturated carbocycles. The number of nitrogens with one attached hydrogen (secondary N) is 1. The van der Waals surface area contributed by atoms with Crippen molar-refractivity contribution < 1.29 is 19.1 Å². The molecule has 2 aliphatic rings. The van der Waals surface area contributed by atoms with E-state index in [4.69, 9.17) is 14.6 Å². The van der Waals surface area contributed by atoms with Crippen molar-refractivity contribution in [3.05, 3.63) is 53.6 Å². The van der Waals surface area contributed by atoms with Crippen LogP contribution in [0.3, 0.4) is 0 Å². The number of fused-ring (bicyclic) bond motifs is 1. The summed E-state index contributed by atoms with van der Waals surface area (Å²) in [7, 11) is 3.94. The summed E-state index contributed by atoms with van der Waals surface area (Å²) in [4.78, 5) is 44.6. The lowest BCUT2D eigenvalue weighted by atomic mass is 9.97. The van der Waals surface area contributed by atoms with Crippen molar-refractivity contribution in [2.75, 3.05) is 40.3 Å². The highest BCUT2D eigenvalue weighted by Gasteiger charge is 2.29. The number of amides is 2. The Morgan fingerprint density at radius 1 is 1.15 bits per heavy atom. The number of H-pyrrole nitrogens is 1. The van der Waals surface area contributed by atoms with Crippen LogP contribution < -0.4 is 0 Å². The van der Waals surface area contributed by atoms with E-state index in [2.05, 4.69) is 52.0 Å². The lowest BCUT2D eigenvalue weighted by Crippen LogP contribution is -2.38. The Morgan fingerprint density at radius 2 is 1.96 bits per heavy atom. The molecule has 2 amide bonds. The first-order valence-electron chi connectivity index (χ1n) is 17.0. The lowest BCUT2D eigenvalue weighted by molar-refractivity contribution is -0.0365. The molecule has 5 heterocycles. The maximum Gasteiger partial charge on any atom is 0.410 e. The smallest absolute Gasteiger partial charge is 0.410 e. The first-order valence-corrected chi connectivity index (χ1v) is 17.0. The van der Waals surface area contributed by atoms with E-state index in [-0.39, 0.29) is 24.3 Å². The van der Waals surface area contributed by atoms with E-state index in [1.165, 1.54) is 0 Å². The minimum absolute atomic E-state index is 0.0832. The molecule has 2 aliphatic heterocycles. The molecule has 3 aromatic heterocycles. The highest BCUT2D eigenvalue weighted by atomic mass is 16.6. The zero-order chi connectivity index (χ0) is 34.2. The van der Waals surface area contributed by atoms with E-state index >= 15 is 0 Å². The number of likely N-dealkylation sites (N-methyl/N-ethyl adjacent to an activating group) is 2. The summed E-state index contributed by atoms with van der Waals surface area (Å²) < 4.78 is 13.8. The van der Waals surface area contributed by atoms with Gasteiger partial charge in [-0.15, -0.1) is 0 Å². The Morgan fingerprint density at radius 3 is 2.65 bits per heavy atom. The van der Waals surface area contributed by atoms with E-state index in [1.54, 1.807) is 11.1 Å². The molecule has 4 aromatic rings.